The van der Waals surface area contributed by atoms with Crippen LogP contribution in [0.25, 0.3) is 0 Å². The van der Waals surface area contributed by atoms with E-state index in [0.29, 0.717) is 31.1 Å². The van der Waals surface area contributed by atoms with Gasteiger partial charge in [-0.05, 0) is 67.9 Å². The maximum absolute atomic E-state index is 12.3. The Bertz CT molecular complexity index is 831. The summed E-state index contributed by atoms with van der Waals surface area (Å²) in [5.41, 5.74) is 3.64. The van der Waals surface area contributed by atoms with Gasteiger partial charge in [0.15, 0.2) is 5.78 Å². The van der Waals surface area contributed by atoms with Gasteiger partial charge >= 0.3 is 0 Å². The molecule has 0 saturated heterocycles. The molecule has 4 aliphatic carbocycles. The standard InChI is InChI=1S/C24H34N2O4/c1-4-21(29)26-25-16-9-10-23(3)15(11-16)5-6-17-18-7-8-19(20(28)13-27)24(18,30)12-14(2)22(17)23/h9-11,14,17-19,22,27,30H,4-8,12-13H2,1-3H3,(H,26,29)/b25-16+/t14?,17?,18?,19?,22?,23?,24-/m1/s1. The number of amides is 1. The number of aliphatic hydroxyl groups is 2. The molecule has 6 unspecified atom stereocenters. The molecule has 4 rings (SSSR count). The number of allylic oxidation sites excluding steroid dienone is 4. The smallest absolute Gasteiger partial charge is 0.239 e. The number of fused-ring (bicyclic) bond motifs is 5. The summed E-state index contributed by atoms with van der Waals surface area (Å²) in [7, 11) is 0. The Morgan fingerprint density at radius 1 is 1.30 bits per heavy atom. The molecule has 0 spiro atoms. The van der Waals surface area contributed by atoms with Gasteiger partial charge in [0.1, 0.15) is 6.61 Å². The van der Waals surface area contributed by atoms with Crippen LogP contribution in [0.1, 0.15) is 59.3 Å². The van der Waals surface area contributed by atoms with E-state index in [1.54, 1.807) is 6.92 Å². The lowest BCUT2D eigenvalue weighted by molar-refractivity contribution is -0.157. The zero-order valence-corrected chi connectivity index (χ0v) is 18.2. The lowest BCUT2D eigenvalue weighted by Gasteiger charge is -2.58. The highest BCUT2D eigenvalue weighted by Gasteiger charge is 2.63. The molecule has 0 aromatic heterocycles. The zero-order valence-electron chi connectivity index (χ0n) is 18.2. The number of aliphatic hydroxyl groups excluding tert-OH is 1. The Morgan fingerprint density at radius 3 is 2.77 bits per heavy atom. The molecule has 6 nitrogen and oxygen atoms in total. The molecule has 0 heterocycles. The van der Waals surface area contributed by atoms with E-state index in [2.05, 4.69) is 36.5 Å². The summed E-state index contributed by atoms with van der Waals surface area (Å²) in [6.07, 6.45) is 10.8. The molecule has 0 aliphatic heterocycles. The largest absolute Gasteiger partial charge is 0.389 e. The number of hydrogen-bond acceptors (Lipinski definition) is 5. The number of hydrazone groups is 1. The molecular weight excluding hydrogens is 380 g/mol. The van der Waals surface area contributed by atoms with Crippen LogP contribution < -0.4 is 5.43 Å². The van der Waals surface area contributed by atoms with Crippen molar-refractivity contribution in [1.29, 1.82) is 0 Å². The Labute approximate surface area is 178 Å². The van der Waals surface area contributed by atoms with Crippen molar-refractivity contribution in [1.82, 2.24) is 5.43 Å². The number of nitrogens with one attached hydrogen (secondary N) is 1. The van der Waals surface area contributed by atoms with Crippen molar-refractivity contribution in [2.75, 3.05) is 6.61 Å². The molecule has 3 fully saturated rings. The minimum Gasteiger partial charge on any atom is -0.389 e. The Balaban J connectivity index is 1.61. The van der Waals surface area contributed by atoms with Crippen LogP contribution in [0.4, 0.5) is 0 Å². The fraction of sp³-hybridized carbons (Fsp3) is 0.708. The lowest BCUT2D eigenvalue weighted by Crippen LogP contribution is -2.58. The van der Waals surface area contributed by atoms with Gasteiger partial charge < -0.3 is 10.2 Å². The van der Waals surface area contributed by atoms with Crippen molar-refractivity contribution in [2.45, 2.75) is 64.9 Å². The third kappa shape index (κ3) is 3.19. The van der Waals surface area contributed by atoms with Gasteiger partial charge in [0.2, 0.25) is 5.91 Å². The van der Waals surface area contributed by atoms with Gasteiger partial charge in [-0.15, -0.1) is 0 Å². The van der Waals surface area contributed by atoms with E-state index in [4.69, 9.17) is 0 Å². The average Bonchev–Trinajstić information content (AvgIpc) is 3.07. The number of rotatable bonds is 4. The predicted molar refractivity (Wildman–Crippen MR) is 114 cm³/mol. The summed E-state index contributed by atoms with van der Waals surface area (Å²) >= 11 is 0. The Hall–Kier alpha value is -1.79. The van der Waals surface area contributed by atoms with Crippen molar-refractivity contribution in [3.8, 4) is 0 Å². The van der Waals surface area contributed by atoms with Gasteiger partial charge in [0, 0.05) is 17.8 Å². The molecule has 6 heteroatoms. The van der Waals surface area contributed by atoms with Crippen LogP contribution in [0.15, 0.2) is 28.9 Å². The summed E-state index contributed by atoms with van der Waals surface area (Å²) in [5.74, 6) is 0.406. The number of hydrogen-bond donors (Lipinski definition) is 3. The summed E-state index contributed by atoms with van der Waals surface area (Å²) in [6.45, 7) is 5.82. The van der Waals surface area contributed by atoms with Crippen LogP contribution in [0, 0.1) is 35.0 Å². The third-order valence-corrected chi connectivity index (χ3v) is 8.48. The molecule has 1 amide bonds. The van der Waals surface area contributed by atoms with Crippen LogP contribution >= 0.6 is 0 Å². The third-order valence-electron chi connectivity index (χ3n) is 8.48. The molecule has 0 aromatic carbocycles. The number of nitrogens with zero attached hydrogens (tertiary/aromatic N) is 1. The van der Waals surface area contributed by atoms with Crippen LogP contribution in [0.2, 0.25) is 0 Å². The highest BCUT2D eigenvalue weighted by molar-refractivity contribution is 6.06. The molecule has 0 bridgehead atoms. The van der Waals surface area contributed by atoms with Crippen molar-refractivity contribution in [3.05, 3.63) is 23.8 Å². The fourth-order valence-electron chi connectivity index (χ4n) is 7.28. The first kappa shape index (κ1) is 21.4. The highest BCUT2D eigenvalue weighted by Crippen LogP contribution is 2.64. The molecule has 3 N–H and O–H groups in total. The van der Waals surface area contributed by atoms with Crippen LogP contribution in [0.5, 0.6) is 0 Å². The van der Waals surface area contributed by atoms with Gasteiger partial charge in [-0.1, -0.05) is 32.4 Å². The van der Waals surface area contributed by atoms with Gasteiger partial charge in [-0.25, -0.2) is 5.43 Å². The van der Waals surface area contributed by atoms with E-state index in [1.807, 2.05) is 6.08 Å². The lowest BCUT2D eigenvalue weighted by atomic mass is 9.47. The summed E-state index contributed by atoms with van der Waals surface area (Å²) in [6, 6.07) is 0. The SMILES string of the molecule is CCC(=O)N/N=C1\C=CC2(C)C(=C1)CCC1C2C(C)C[C@]2(O)C(C(=O)CO)CCC12. The Morgan fingerprint density at radius 2 is 2.07 bits per heavy atom. The summed E-state index contributed by atoms with van der Waals surface area (Å²) in [5, 5.41) is 25.3. The van der Waals surface area contributed by atoms with Gasteiger partial charge in [-0.3, -0.25) is 9.59 Å². The van der Waals surface area contributed by atoms with Crippen molar-refractivity contribution in [3.63, 3.8) is 0 Å². The predicted octanol–water partition coefficient (Wildman–Crippen LogP) is 2.76. The highest BCUT2D eigenvalue weighted by atomic mass is 16.3. The molecule has 4 aliphatic rings. The van der Waals surface area contributed by atoms with Gasteiger partial charge in [0.25, 0.3) is 0 Å². The summed E-state index contributed by atoms with van der Waals surface area (Å²) in [4.78, 5) is 23.9. The first-order valence-electron chi connectivity index (χ1n) is 11.4. The van der Waals surface area contributed by atoms with Crippen molar-refractivity contribution < 1.29 is 19.8 Å². The number of carbonyl (C=O) groups is 2. The molecule has 0 aromatic rings. The molecule has 0 radical (unpaired) electrons. The van der Waals surface area contributed by atoms with Crippen LogP contribution in [-0.4, -0.2) is 39.8 Å². The second-order valence-electron chi connectivity index (χ2n) is 9.97. The second-order valence-corrected chi connectivity index (χ2v) is 9.97. The normalized spacial score (nSPS) is 43.4. The van der Waals surface area contributed by atoms with E-state index in [-0.39, 0.29) is 28.9 Å². The van der Waals surface area contributed by atoms with E-state index in [0.717, 1.165) is 25.0 Å². The maximum Gasteiger partial charge on any atom is 0.239 e. The van der Waals surface area contributed by atoms with Crippen LogP contribution in [0.3, 0.4) is 0 Å². The molecule has 3 saturated carbocycles. The number of Topliss-reactive ketones (excluding diaryl/α,β-unsaturated/α-hetero) is 1. The maximum atomic E-state index is 12.3. The van der Waals surface area contributed by atoms with Crippen molar-refractivity contribution >= 4 is 17.4 Å². The first-order valence-corrected chi connectivity index (χ1v) is 11.4. The van der Waals surface area contributed by atoms with E-state index >= 15 is 0 Å². The van der Waals surface area contributed by atoms with Crippen molar-refractivity contribution in [2.24, 2.45) is 40.1 Å². The molecule has 7 atom stereocenters. The minimum atomic E-state index is -0.979. The first-order chi connectivity index (χ1) is 14.2. The summed E-state index contributed by atoms with van der Waals surface area (Å²) < 4.78 is 0. The number of ketones is 1. The molecule has 164 valence electrons. The minimum absolute atomic E-state index is 0.0975. The topological polar surface area (TPSA) is 99.0 Å². The average molecular weight is 415 g/mol. The second kappa shape index (κ2) is 7.72. The zero-order chi connectivity index (χ0) is 21.7. The molecule has 30 heavy (non-hydrogen) atoms. The van der Waals surface area contributed by atoms with E-state index in [1.165, 1.54) is 5.57 Å². The Kier molecular flexibility index (Phi) is 5.52. The monoisotopic (exact) mass is 414 g/mol. The fourth-order valence-corrected chi connectivity index (χ4v) is 7.28. The van der Waals surface area contributed by atoms with E-state index < -0.39 is 18.1 Å². The van der Waals surface area contributed by atoms with Gasteiger partial charge in [-0.2, -0.15) is 5.10 Å². The quantitative estimate of drug-likeness (QED) is 0.616. The van der Waals surface area contributed by atoms with E-state index in [9.17, 15) is 19.8 Å². The van der Waals surface area contributed by atoms with Crippen LogP contribution in [-0.2, 0) is 9.59 Å². The molecular formula is C24H34N2O4. The van der Waals surface area contributed by atoms with Gasteiger partial charge in [0.05, 0.1) is 11.3 Å². The number of carbonyl (C=O) groups excluding carboxylic acids is 2.